The van der Waals surface area contributed by atoms with Gasteiger partial charge in [0.2, 0.25) is 0 Å². The maximum Gasteiger partial charge on any atom is 0.265 e. The number of aryl methyl sites for hydroxylation is 2. The third-order valence-corrected chi connectivity index (χ3v) is 4.41. The Hall–Kier alpha value is -1.47. The number of thioether (sulfide) groups is 1. The summed E-state index contributed by atoms with van der Waals surface area (Å²) in [4.78, 5) is 24.3. The summed E-state index contributed by atoms with van der Waals surface area (Å²) < 4.78 is 1.56. The molecule has 2 rings (SSSR count). The lowest BCUT2D eigenvalue weighted by Crippen LogP contribution is -2.44. The Labute approximate surface area is 139 Å². The number of hydrogen-bond donors (Lipinski definition) is 0. The molecule has 0 aliphatic carbocycles. The molecule has 2 heterocycles. The molecule has 120 valence electrons. The van der Waals surface area contributed by atoms with Gasteiger partial charge in [-0.25, -0.2) is 5.01 Å². The Bertz CT molecular complexity index is 614. The van der Waals surface area contributed by atoms with Crippen LogP contribution in [-0.2, 0) is 16.6 Å². The van der Waals surface area contributed by atoms with E-state index in [2.05, 4.69) is 5.10 Å². The van der Waals surface area contributed by atoms with Crippen LogP contribution in [0.25, 0.3) is 6.08 Å². The van der Waals surface area contributed by atoms with Crippen LogP contribution < -0.4 is 0 Å². The van der Waals surface area contributed by atoms with Crippen molar-refractivity contribution in [1.29, 1.82) is 0 Å². The standard InChI is InChI=1S/C14H19ClN4O2S/c1-10-11(14(15)17(2)16-10)5-6-12(20)18-7-4-8-19(18)13(21)9-22-3/h5-6H,4,7-9H2,1-3H3. The van der Waals surface area contributed by atoms with Crippen molar-refractivity contribution in [1.82, 2.24) is 19.8 Å². The van der Waals surface area contributed by atoms with Gasteiger partial charge in [-0.1, -0.05) is 11.6 Å². The Morgan fingerprint density at radius 3 is 2.64 bits per heavy atom. The number of amides is 2. The average molecular weight is 343 g/mol. The number of hydrogen-bond acceptors (Lipinski definition) is 4. The fraction of sp³-hybridized carbons (Fsp3) is 0.500. The molecule has 0 N–H and O–H groups in total. The van der Waals surface area contributed by atoms with Crippen LogP contribution >= 0.6 is 23.4 Å². The first kappa shape index (κ1) is 16.9. The molecule has 1 saturated heterocycles. The van der Waals surface area contributed by atoms with Crippen molar-refractivity contribution >= 4 is 41.3 Å². The lowest BCUT2D eigenvalue weighted by atomic mass is 10.2. The summed E-state index contributed by atoms with van der Waals surface area (Å²) in [6.07, 6.45) is 5.77. The molecule has 1 aromatic heterocycles. The smallest absolute Gasteiger partial charge is 0.265 e. The van der Waals surface area contributed by atoms with Gasteiger partial charge < -0.3 is 0 Å². The van der Waals surface area contributed by atoms with Crippen LogP contribution in [0.15, 0.2) is 6.08 Å². The van der Waals surface area contributed by atoms with Crippen LogP contribution in [0.4, 0.5) is 0 Å². The van der Waals surface area contributed by atoms with Gasteiger partial charge in [0.1, 0.15) is 5.15 Å². The Kier molecular flexibility index (Phi) is 5.52. The SMILES string of the molecule is CSCC(=O)N1CCCN1C(=O)C=Cc1c(C)nn(C)c1Cl. The highest BCUT2D eigenvalue weighted by Gasteiger charge is 2.29. The van der Waals surface area contributed by atoms with Crippen molar-refractivity contribution < 1.29 is 9.59 Å². The summed E-state index contributed by atoms with van der Waals surface area (Å²) in [7, 11) is 1.75. The molecule has 0 atom stereocenters. The summed E-state index contributed by atoms with van der Waals surface area (Å²) >= 11 is 7.59. The van der Waals surface area contributed by atoms with E-state index in [-0.39, 0.29) is 11.8 Å². The minimum absolute atomic E-state index is 0.0395. The first-order chi connectivity index (χ1) is 10.5. The second-order valence-corrected chi connectivity index (χ2v) is 6.24. The van der Waals surface area contributed by atoms with E-state index in [1.807, 2.05) is 13.2 Å². The topological polar surface area (TPSA) is 58.4 Å². The Morgan fingerprint density at radius 1 is 1.36 bits per heavy atom. The number of halogens is 1. The number of hydrazine groups is 1. The quantitative estimate of drug-likeness (QED) is 0.782. The molecule has 2 amide bonds. The van der Waals surface area contributed by atoms with Crippen molar-refractivity contribution in [2.45, 2.75) is 13.3 Å². The first-order valence-corrected chi connectivity index (χ1v) is 8.70. The lowest BCUT2D eigenvalue weighted by molar-refractivity contribution is -0.152. The fourth-order valence-corrected chi connectivity index (χ4v) is 3.01. The molecule has 6 nitrogen and oxygen atoms in total. The van der Waals surface area contributed by atoms with Gasteiger partial charge >= 0.3 is 0 Å². The van der Waals surface area contributed by atoms with E-state index in [1.54, 1.807) is 17.8 Å². The van der Waals surface area contributed by atoms with Crippen LogP contribution in [0, 0.1) is 6.92 Å². The van der Waals surface area contributed by atoms with E-state index in [0.29, 0.717) is 24.0 Å². The third kappa shape index (κ3) is 3.47. The summed E-state index contributed by atoms with van der Waals surface area (Å²) in [5.41, 5.74) is 1.48. The van der Waals surface area contributed by atoms with Gasteiger partial charge in [0.05, 0.1) is 11.4 Å². The van der Waals surface area contributed by atoms with Gasteiger partial charge in [0.15, 0.2) is 0 Å². The highest BCUT2D eigenvalue weighted by atomic mass is 35.5. The maximum absolute atomic E-state index is 12.3. The molecule has 1 aromatic rings. The van der Waals surface area contributed by atoms with E-state index in [0.717, 1.165) is 17.7 Å². The van der Waals surface area contributed by atoms with E-state index < -0.39 is 0 Å². The third-order valence-electron chi connectivity index (χ3n) is 3.43. The molecule has 0 spiro atoms. The summed E-state index contributed by atoms with van der Waals surface area (Å²) in [5.74, 6) is 0.120. The van der Waals surface area contributed by atoms with Gasteiger partial charge in [0.25, 0.3) is 11.8 Å². The normalized spacial score (nSPS) is 15.1. The van der Waals surface area contributed by atoms with Crippen LogP contribution in [-0.4, -0.2) is 56.7 Å². The molecule has 0 radical (unpaired) electrons. The molecule has 1 aliphatic heterocycles. The number of nitrogens with zero attached hydrogens (tertiary/aromatic N) is 4. The van der Waals surface area contributed by atoms with Gasteiger partial charge in [-0.15, -0.1) is 0 Å². The van der Waals surface area contributed by atoms with Gasteiger partial charge in [-0.3, -0.25) is 19.3 Å². The van der Waals surface area contributed by atoms with Crippen molar-refractivity contribution in [3.05, 3.63) is 22.5 Å². The number of carbonyl (C=O) groups is 2. The largest absolute Gasteiger partial charge is 0.272 e. The minimum atomic E-state index is -0.216. The molecule has 0 aromatic carbocycles. The second-order valence-electron chi connectivity index (χ2n) is 5.01. The zero-order valence-electron chi connectivity index (χ0n) is 12.9. The van der Waals surface area contributed by atoms with E-state index in [4.69, 9.17) is 11.6 Å². The predicted molar refractivity (Wildman–Crippen MR) is 88.4 cm³/mol. The minimum Gasteiger partial charge on any atom is -0.272 e. The predicted octanol–water partition coefficient (Wildman–Crippen LogP) is 1.73. The van der Waals surface area contributed by atoms with Gasteiger partial charge in [0, 0.05) is 31.8 Å². The zero-order chi connectivity index (χ0) is 16.3. The van der Waals surface area contributed by atoms with Crippen molar-refractivity contribution in [3.8, 4) is 0 Å². The summed E-state index contributed by atoms with van der Waals surface area (Å²) in [5, 5.41) is 7.70. The van der Waals surface area contributed by atoms with Gasteiger partial charge in [-0.2, -0.15) is 16.9 Å². The highest BCUT2D eigenvalue weighted by molar-refractivity contribution is 7.99. The number of rotatable bonds is 4. The molecule has 1 fully saturated rings. The lowest BCUT2D eigenvalue weighted by Gasteiger charge is -2.26. The summed E-state index contributed by atoms with van der Waals surface area (Å²) in [6.45, 7) is 2.98. The average Bonchev–Trinajstić information content (AvgIpc) is 3.04. The fourth-order valence-electron chi connectivity index (χ4n) is 2.37. The van der Waals surface area contributed by atoms with Crippen molar-refractivity contribution in [2.24, 2.45) is 7.05 Å². The first-order valence-electron chi connectivity index (χ1n) is 6.93. The van der Waals surface area contributed by atoms with Crippen LogP contribution in [0.5, 0.6) is 0 Å². The maximum atomic E-state index is 12.3. The van der Waals surface area contributed by atoms with Crippen LogP contribution in [0.1, 0.15) is 17.7 Å². The number of carbonyl (C=O) groups excluding carboxylic acids is 2. The van der Waals surface area contributed by atoms with Crippen LogP contribution in [0.2, 0.25) is 5.15 Å². The Balaban J connectivity index is 2.11. The number of aromatic nitrogens is 2. The van der Waals surface area contributed by atoms with Crippen molar-refractivity contribution in [2.75, 3.05) is 25.1 Å². The molecule has 0 unspecified atom stereocenters. The highest BCUT2D eigenvalue weighted by Crippen LogP contribution is 2.20. The monoisotopic (exact) mass is 342 g/mol. The second kappa shape index (κ2) is 7.19. The van der Waals surface area contributed by atoms with E-state index in [9.17, 15) is 9.59 Å². The molecule has 8 heteroatoms. The summed E-state index contributed by atoms with van der Waals surface area (Å²) in [6, 6.07) is 0. The van der Waals surface area contributed by atoms with E-state index >= 15 is 0 Å². The van der Waals surface area contributed by atoms with E-state index in [1.165, 1.54) is 27.9 Å². The molecule has 22 heavy (non-hydrogen) atoms. The van der Waals surface area contributed by atoms with Crippen molar-refractivity contribution in [3.63, 3.8) is 0 Å². The molecular weight excluding hydrogens is 324 g/mol. The molecule has 0 bridgehead atoms. The molecular formula is C14H19ClN4O2S. The zero-order valence-corrected chi connectivity index (χ0v) is 14.4. The molecule has 1 aliphatic rings. The van der Waals surface area contributed by atoms with Gasteiger partial charge in [-0.05, 0) is 25.7 Å². The molecule has 0 saturated carbocycles. The Morgan fingerprint density at radius 2 is 2.05 bits per heavy atom. The van der Waals surface area contributed by atoms with Crippen LogP contribution in [0.3, 0.4) is 0 Å².